The average molecular weight is 367 g/mol. The van der Waals surface area contributed by atoms with Gasteiger partial charge < -0.3 is 19.5 Å². The number of ether oxygens (including phenoxy) is 2. The molecule has 0 bridgehead atoms. The van der Waals surface area contributed by atoms with E-state index in [0.29, 0.717) is 28.6 Å². The lowest BCUT2D eigenvalue weighted by Gasteiger charge is -2.18. The van der Waals surface area contributed by atoms with Gasteiger partial charge in [-0.1, -0.05) is 13.8 Å². The number of anilines is 1. The summed E-state index contributed by atoms with van der Waals surface area (Å²) in [6.45, 7) is 4.40. The van der Waals surface area contributed by atoms with Gasteiger partial charge in [-0.05, 0) is 30.5 Å². The van der Waals surface area contributed by atoms with Gasteiger partial charge in [0.25, 0.3) is 5.91 Å². The van der Waals surface area contributed by atoms with Gasteiger partial charge in [-0.15, -0.1) is 0 Å². The van der Waals surface area contributed by atoms with Crippen molar-refractivity contribution in [3.8, 4) is 17.2 Å². The van der Waals surface area contributed by atoms with Gasteiger partial charge in [0.05, 0.1) is 16.8 Å². The fraction of sp³-hybridized carbons (Fsp3) is 0.300. The number of nitrogens with one attached hydrogen (secondary N) is 1. The molecule has 7 nitrogen and oxygen atoms in total. The summed E-state index contributed by atoms with van der Waals surface area (Å²) in [6, 6.07) is 8.55. The van der Waals surface area contributed by atoms with Gasteiger partial charge in [0, 0.05) is 30.3 Å². The van der Waals surface area contributed by atoms with Crippen LogP contribution in [0.4, 0.5) is 5.69 Å². The zero-order valence-electron chi connectivity index (χ0n) is 15.4. The minimum atomic E-state index is -0.315. The second kappa shape index (κ2) is 6.50. The number of rotatable bonds is 4. The topological polar surface area (TPSA) is 87.7 Å². The van der Waals surface area contributed by atoms with E-state index in [1.165, 1.54) is 4.90 Å². The number of hydrogen-bond donors (Lipinski definition) is 2. The number of aromatic amines is 1. The molecule has 0 unspecified atom stereocenters. The molecule has 1 amide bonds. The van der Waals surface area contributed by atoms with E-state index in [4.69, 9.17) is 9.47 Å². The first-order chi connectivity index (χ1) is 12.9. The molecule has 0 radical (unpaired) electrons. The summed E-state index contributed by atoms with van der Waals surface area (Å²) in [5.41, 5.74) is 2.48. The molecule has 0 saturated carbocycles. The van der Waals surface area contributed by atoms with Crippen molar-refractivity contribution in [2.45, 2.75) is 20.3 Å². The normalized spacial score (nSPS) is 12.7. The number of H-pyrrole nitrogens is 1. The number of benzene rings is 2. The summed E-state index contributed by atoms with van der Waals surface area (Å²) < 4.78 is 10.7. The first-order valence-electron chi connectivity index (χ1n) is 8.81. The molecule has 2 heterocycles. The molecular formula is C20H21N3O4. The number of hydrogen-bond acceptors (Lipinski definition) is 5. The summed E-state index contributed by atoms with van der Waals surface area (Å²) in [4.78, 5) is 14.5. The van der Waals surface area contributed by atoms with E-state index in [9.17, 15) is 9.90 Å². The largest absolute Gasteiger partial charge is 0.507 e. The lowest BCUT2D eigenvalue weighted by atomic mass is 10.0. The third-order valence-corrected chi connectivity index (χ3v) is 4.64. The smallest absolute Gasteiger partial charge is 0.261 e. The molecule has 1 aliphatic heterocycles. The number of nitrogens with zero attached hydrogens (tertiary/aromatic N) is 2. The van der Waals surface area contributed by atoms with E-state index in [2.05, 4.69) is 24.0 Å². The SMILES string of the molecule is CC(C)Cc1n[nH]c2cc(O)c(C(=O)N(C)c3ccc4c(c3)OCO4)cc12. The van der Waals surface area contributed by atoms with Gasteiger partial charge in [0.2, 0.25) is 6.79 Å². The summed E-state index contributed by atoms with van der Waals surface area (Å²) >= 11 is 0. The molecule has 0 aliphatic carbocycles. The third kappa shape index (κ3) is 3.05. The Bertz CT molecular complexity index is 1030. The van der Waals surface area contributed by atoms with Crippen LogP contribution in [0, 0.1) is 5.92 Å². The van der Waals surface area contributed by atoms with Crippen molar-refractivity contribution in [1.29, 1.82) is 0 Å². The lowest BCUT2D eigenvalue weighted by Crippen LogP contribution is -2.26. The van der Waals surface area contributed by atoms with E-state index in [-0.39, 0.29) is 24.0 Å². The van der Waals surface area contributed by atoms with Crippen molar-refractivity contribution >= 4 is 22.5 Å². The first kappa shape index (κ1) is 17.2. The average Bonchev–Trinajstić information content (AvgIpc) is 3.25. The molecule has 27 heavy (non-hydrogen) atoms. The van der Waals surface area contributed by atoms with Crippen LogP contribution in [0.5, 0.6) is 17.2 Å². The van der Waals surface area contributed by atoms with Crippen LogP contribution in [-0.2, 0) is 6.42 Å². The van der Waals surface area contributed by atoms with E-state index in [0.717, 1.165) is 17.5 Å². The van der Waals surface area contributed by atoms with Crippen molar-refractivity contribution in [2.24, 2.45) is 5.92 Å². The number of phenolic OH excluding ortho intramolecular Hbond substituents is 1. The molecular weight excluding hydrogens is 346 g/mol. The predicted molar refractivity (Wildman–Crippen MR) is 102 cm³/mol. The Kier molecular flexibility index (Phi) is 4.14. The Morgan fingerprint density at radius 3 is 2.81 bits per heavy atom. The second-order valence-corrected chi connectivity index (χ2v) is 7.08. The highest BCUT2D eigenvalue weighted by Crippen LogP contribution is 2.36. The number of carbonyl (C=O) groups is 1. The number of fused-ring (bicyclic) bond motifs is 2. The maximum absolute atomic E-state index is 13.0. The zero-order chi connectivity index (χ0) is 19.1. The number of amides is 1. The number of aromatic hydroxyl groups is 1. The number of carbonyl (C=O) groups excluding carboxylic acids is 1. The van der Waals surface area contributed by atoms with Crippen LogP contribution in [0.25, 0.3) is 10.9 Å². The van der Waals surface area contributed by atoms with Gasteiger partial charge in [0.1, 0.15) is 5.75 Å². The highest BCUT2D eigenvalue weighted by Gasteiger charge is 2.22. The van der Waals surface area contributed by atoms with Crippen molar-refractivity contribution in [3.05, 3.63) is 41.6 Å². The van der Waals surface area contributed by atoms with Gasteiger partial charge in [-0.3, -0.25) is 9.89 Å². The third-order valence-electron chi connectivity index (χ3n) is 4.64. The number of phenols is 1. The standard InChI is InChI=1S/C20H21N3O4/c1-11(2)6-15-13-8-14(17(24)9-16(13)22-21-15)20(25)23(3)12-4-5-18-19(7-12)27-10-26-18/h4-5,7-9,11,24H,6,10H2,1-3H3,(H,21,22). The van der Waals surface area contributed by atoms with Crippen molar-refractivity contribution in [3.63, 3.8) is 0 Å². The van der Waals surface area contributed by atoms with Crippen molar-refractivity contribution in [1.82, 2.24) is 10.2 Å². The summed E-state index contributed by atoms with van der Waals surface area (Å²) in [5.74, 6) is 1.28. The minimum Gasteiger partial charge on any atom is -0.507 e. The maximum Gasteiger partial charge on any atom is 0.261 e. The monoisotopic (exact) mass is 367 g/mol. The molecule has 140 valence electrons. The summed E-state index contributed by atoms with van der Waals surface area (Å²) in [5, 5.41) is 18.5. The first-order valence-corrected chi connectivity index (χ1v) is 8.81. The molecule has 1 aliphatic rings. The van der Waals surface area contributed by atoms with Crippen LogP contribution in [-0.4, -0.2) is 35.1 Å². The van der Waals surface area contributed by atoms with Crippen LogP contribution in [0.1, 0.15) is 29.9 Å². The van der Waals surface area contributed by atoms with E-state index < -0.39 is 0 Å². The van der Waals surface area contributed by atoms with E-state index >= 15 is 0 Å². The molecule has 3 aromatic rings. The van der Waals surface area contributed by atoms with Gasteiger partial charge >= 0.3 is 0 Å². The van der Waals surface area contributed by atoms with Crippen LogP contribution < -0.4 is 14.4 Å². The molecule has 2 N–H and O–H groups in total. The molecule has 0 saturated heterocycles. The summed E-state index contributed by atoms with van der Waals surface area (Å²) in [6.07, 6.45) is 0.788. The highest BCUT2D eigenvalue weighted by molar-refractivity contribution is 6.09. The van der Waals surface area contributed by atoms with Crippen LogP contribution in [0.3, 0.4) is 0 Å². The Balaban J connectivity index is 1.70. The minimum absolute atomic E-state index is 0.0835. The lowest BCUT2D eigenvalue weighted by molar-refractivity contribution is 0.0990. The predicted octanol–water partition coefficient (Wildman–Crippen LogP) is 3.47. The Hall–Kier alpha value is -3.22. The van der Waals surface area contributed by atoms with Gasteiger partial charge in [-0.25, -0.2) is 0 Å². The molecule has 0 spiro atoms. The molecule has 0 fully saturated rings. The second-order valence-electron chi connectivity index (χ2n) is 7.08. The summed E-state index contributed by atoms with van der Waals surface area (Å²) in [7, 11) is 1.66. The Morgan fingerprint density at radius 1 is 1.26 bits per heavy atom. The van der Waals surface area contributed by atoms with Crippen LogP contribution in [0.2, 0.25) is 0 Å². The van der Waals surface area contributed by atoms with Gasteiger partial charge in [0.15, 0.2) is 11.5 Å². The maximum atomic E-state index is 13.0. The van der Waals surface area contributed by atoms with E-state index in [1.807, 2.05) is 0 Å². The fourth-order valence-electron chi connectivity index (χ4n) is 3.21. The Morgan fingerprint density at radius 2 is 2.04 bits per heavy atom. The molecule has 2 aromatic carbocycles. The van der Waals surface area contributed by atoms with Gasteiger partial charge in [-0.2, -0.15) is 5.10 Å². The highest BCUT2D eigenvalue weighted by atomic mass is 16.7. The molecule has 4 rings (SSSR count). The molecule has 0 atom stereocenters. The van der Waals surface area contributed by atoms with Crippen LogP contribution >= 0.6 is 0 Å². The number of aromatic nitrogens is 2. The van der Waals surface area contributed by atoms with Crippen molar-refractivity contribution in [2.75, 3.05) is 18.7 Å². The van der Waals surface area contributed by atoms with Crippen molar-refractivity contribution < 1.29 is 19.4 Å². The molecule has 7 heteroatoms. The molecule has 1 aromatic heterocycles. The Labute approximate surface area is 156 Å². The quantitative estimate of drug-likeness (QED) is 0.737. The fourth-order valence-corrected chi connectivity index (χ4v) is 3.21. The van der Waals surface area contributed by atoms with E-state index in [1.54, 1.807) is 37.4 Å². The van der Waals surface area contributed by atoms with Crippen LogP contribution in [0.15, 0.2) is 30.3 Å². The zero-order valence-corrected chi connectivity index (χ0v) is 15.4.